The second-order valence-corrected chi connectivity index (χ2v) is 17.3. The van der Waals surface area contributed by atoms with E-state index >= 15 is 0 Å². The van der Waals surface area contributed by atoms with Gasteiger partial charge in [0.05, 0.1) is 23.9 Å². The fourth-order valence-electron chi connectivity index (χ4n) is 8.02. The molecular formula is C41H50N6O9S2. The van der Waals surface area contributed by atoms with E-state index in [1.807, 2.05) is 36.6 Å². The third-order valence-electron chi connectivity index (χ3n) is 11.1. The maximum absolute atomic E-state index is 14.6. The number of alkyl carbamates (subject to hydrolysis) is 1. The van der Waals surface area contributed by atoms with Gasteiger partial charge in [-0.05, 0) is 83.6 Å². The van der Waals surface area contributed by atoms with E-state index in [0.29, 0.717) is 46.0 Å². The van der Waals surface area contributed by atoms with Crippen LogP contribution in [-0.2, 0) is 23.9 Å². The lowest BCUT2D eigenvalue weighted by molar-refractivity contribution is -0.145. The Kier molecular flexibility index (Phi) is 12.8. The molecule has 4 amide bonds. The normalized spacial score (nSPS) is 25.8. The van der Waals surface area contributed by atoms with E-state index in [1.54, 1.807) is 25.3 Å². The predicted molar refractivity (Wildman–Crippen MR) is 219 cm³/mol. The van der Waals surface area contributed by atoms with Crippen molar-refractivity contribution >= 4 is 69.1 Å². The van der Waals surface area contributed by atoms with Gasteiger partial charge in [0.1, 0.15) is 41.3 Å². The summed E-state index contributed by atoms with van der Waals surface area (Å²) in [6.45, 7) is 3.51. The largest absolute Gasteiger partial charge is 0.488 e. The molecule has 2 aliphatic carbocycles. The highest BCUT2D eigenvalue weighted by atomic mass is 32.2. The van der Waals surface area contributed by atoms with Crippen LogP contribution < -0.4 is 20.7 Å². The molecule has 4 heterocycles. The first-order valence-electron chi connectivity index (χ1n) is 20.0. The number of aliphatic carboxylic acids is 1. The third kappa shape index (κ3) is 9.35. The van der Waals surface area contributed by atoms with Gasteiger partial charge in [0.15, 0.2) is 5.13 Å². The molecule has 3 aromatic rings. The molecule has 2 saturated carbocycles. The van der Waals surface area contributed by atoms with Crippen molar-refractivity contribution in [3.63, 3.8) is 0 Å². The summed E-state index contributed by atoms with van der Waals surface area (Å²) in [5.41, 5.74) is 0.161. The second-order valence-electron chi connectivity index (χ2n) is 15.6. The van der Waals surface area contributed by atoms with Gasteiger partial charge < -0.3 is 34.9 Å². The van der Waals surface area contributed by atoms with E-state index in [-0.39, 0.29) is 37.5 Å². The number of thioether (sulfide) groups is 1. The number of fused-ring (bicyclic) bond motifs is 3. The maximum atomic E-state index is 14.6. The molecule has 3 fully saturated rings. The van der Waals surface area contributed by atoms with E-state index < -0.39 is 53.7 Å². The molecule has 0 unspecified atom stereocenters. The zero-order valence-electron chi connectivity index (χ0n) is 32.9. The average Bonchev–Trinajstić information content (AvgIpc) is 3.61. The number of amides is 4. The monoisotopic (exact) mass is 834 g/mol. The SMILES string of the molecule is CSc1cccc2c(O[C@@H]3C[C@H]4C(=O)N[C@]5(C(=O)O)C[C@@H]5/C=C\CCCCC[C@@H](NC(=O)OC5CCCC5)C(=O)N4C3)cc(-c3csc(NC(=O)OC(C)C)n3)nc12. The highest BCUT2D eigenvalue weighted by Gasteiger charge is 2.61. The van der Waals surface area contributed by atoms with Crippen molar-refractivity contribution in [2.24, 2.45) is 5.92 Å². The first-order chi connectivity index (χ1) is 27.9. The Morgan fingerprint density at radius 1 is 1.03 bits per heavy atom. The molecule has 17 heteroatoms. The zero-order chi connectivity index (χ0) is 41.0. The summed E-state index contributed by atoms with van der Waals surface area (Å²) >= 11 is 2.73. The van der Waals surface area contributed by atoms with Crippen molar-refractivity contribution in [3.05, 3.63) is 41.8 Å². The van der Waals surface area contributed by atoms with Crippen LogP contribution in [0.5, 0.6) is 5.75 Å². The molecule has 4 N–H and O–H groups in total. The van der Waals surface area contributed by atoms with Crippen LogP contribution in [-0.4, -0.2) is 98.7 Å². The summed E-state index contributed by atoms with van der Waals surface area (Å²) in [6, 6.07) is 5.44. The van der Waals surface area contributed by atoms with Crippen LogP contribution in [0.2, 0.25) is 0 Å². The van der Waals surface area contributed by atoms with Crippen molar-refractivity contribution in [1.82, 2.24) is 25.5 Å². The number of thiazole rings is 1. The minimum atomic E-state index is -1.47. The molecule has 1 aromatic carbocycles. The van der Waals surface area contributed by atoms with Crippen LogP contribution in [0.25, 0.3) is 22.3 Å². The number of hydrogen-bond acceptors (Lipinski definition) is 12. The number of carbonyl (C=O) groups is 5. The fourth-order valence-corrected chi connectivity index (χ4v) is 9.28. The van der Waals surface area contributed by atoms with Crippen molar-refractivity contribution in [2.75, 3.05) is 18.1 Å². The molecule has 0 bridgehead atoms. The number of para-hydroxylation sites is 1. The number of aromatic nitrogens is 2. The van der Waals surface area contributed by atoms with Gasteiger partial charge in [0, 0.05) is 34.1 Å². The summed E-state index contributed by atoms with van der Waals surface area (Å²) in [5.74, 6) is -2.10. The number of carbonyl (C=O) groups excluding carboxylic acids is 4. The van der Waals surface area contributed by atoms with Crippen LogP contribution in [0.4, 0.5) is 14.7 Å². The lowest BCUT2D eigenvalue weighted by atomic mass is 10.0. The van der Waals surface area contributed by atoms with E-state index in [4.69, 9.17) is 19.2 Å². The van der Waals surface area contributed by atoms with Crippen LogP contribution in [0.1, 0.15) is 84.5 Å². The molecule has 4 aliphatic rings. The van der Waals surface area contributed by atoms with Crippen LogP contribution in [0.15, 0.2) is 46.7 Å². The smallest absolute Gasteiger partial charge is 0.413 e. The number of pyridine rings is 1. The molecule has 2 aliphatic heterocycles. The van der Waals surface area contributed by atoms with Gasteiger partial charge in [-0.1, -0.05) is 31.1 Å². The quantitative estimate of drug-likeness (QED) is 0.129. The number of rotatable bonds is 9. The summed E-state index contributed by atoms with van der Waals surface area (Å²) in [7, 11) is 0. The molecule has 0 spiro atoms. The van der Waals surface area contributed by atoms with Crippen molar-refractivity contribution in [1.29, 1.82) is 0 Å². The Morgan fingerprint density at radius 3 is 2.59 bits per heavy atom. The fraction of sp³-hybridized carbons (Fsp3) is 0.537. The van der Waals surface area contributed by atoms with Gasteiger partial charge in [-0.2, -0.15) is 0 Å². The van der Waals surface area contributed by atoms with E-state index in [2.05, 4.69) is 20.9 Å². The standard InChI is InChI=1S/C41H50N6O9S2/c1-23(2)54-40(53)45-38-43-30(22-58-38)29-19-32(27-15-11-17-33(57-3)34(27)42-29)55-26-18-31-35(48)46-41(37(50)51)20-24(41)12-7-5-4-6-8-16-28(36(49)47(31)21-26)44-39(52)56-25-13-9-10-14-25/h7,11-12,15,17,19,22-26,28,31H,4-6,8-10,13-14,16,18,20-21H2,1-3H3,(H,44,52)(H,46,48)(H,50,51)(H,43,45,53)/b12-7-/t24-,26+,28+,31-,41+/m0/s1. The van der Waals surface area contributed by atoms with Crippen molar-refractivity contribution in [3.8, 4) is 17.1 Å². The maximum Gasteiger partial charge on any atom is 0.413 e. The number of anilines is 1. The summed E-state index contributed by atoms with van der Waals surface area (Å²) < 4.78 is 17.6. The lowest BCUT2D eigenvalue weighted by Crippen LogP contribution is -2.56. The number of ether oxygens (including phenoxy) is 3. The number of nitrogens with zero attached hydrogens (tertiary/aromatic N) is 3. The van der Waals surface area contributed by atoms with Gasteiger partial charge in [-0.25, -0.2) is 24.4 Å². The number of allylic oxidation sites excluding steroid dienone is 1. The molecule has 310 valence electrons. The van der Waals surface area contributed by atoms with Crippen LogP contribution in [0, 0.1) is 5.92 Å². The number of carboxylic acid groups (broad SMARTS) is 1. The van der Waals surface area contributed by atoms with Crippen LogP contribution >= 0.6 is 23.1 Å². The first-order valence-corrected chi connectivity index (χ1v) is 22.1. The van der Waals surface area contributed by atoms with Crippen molar-refractivity contribution in [2.45, 2.75) is 125 Å². The number of carboxylic acids is 1. The third-order valence-corrected chi connectivity index (χ3v) is 12.6. The van der Waals surface area contributed by atoms with E-state index in [9.17, 15) is 29.1 Å². The zero-order valence-corrected chi connectivity index (χ0v) is 34.5. The number of benzene rings is 1. The summed E-state index contributed by atoms with van der Waals surface area (Å²) in [4.78, 5) is 78.7. The molecule has 7 rings (SSSR count). The molecule has 15 nitrogen and oxygen atoms in total. The lowest BCUT2D eigenvalue weighted by Gasteiger charge is -2.29. The molecular weight excluding hydrogens is 785 g/mol. The van der Waals surface area contributed by atoms with Gasteiger partial charge in [0.25, 0.3) is 0 Å². The highest BCUT2D eigenvalue weighted by Crippen LogP contribution is 2.46. The summed E-state index contributed by atoms with van der Waals surface area (Å²) in [5, 5.41) is 21.4. The first kappa shape index (κ1) is 41.3. The van der Waals surface area contributed by atoms with Gasteiger partial charge in [-0.3, -0.25) is 14.9 Å². The Hall–Kier alpha value is -4.90. The highest BCUT2D eigenvalue weighted by molar-refractivity contribution is 7.98. The van der Waals surface area contributed by atoms with Crippen molar-refractivity contribution < 1.29 is 43.3 Å². The average molecular weight is 835 g/mol. The summed E-state index contributed by atoms with van der Waals surface area (Å²) in [6.07, 6.45) is 10.5. The topological polar surface area (TPSA) is 198 Å². The molecule has 0 radical (unpaired) electrons. The Balaban J connectivity index is 1.19. The molecule has 2 aromatic heterocycles. The minimum Gasteiger partial charge on any atom is -0.488 e. The molecule has 58 heavy (non-hydrogen) atoms. The molecule has 1 saturated heterocycles. The minimum absolute atomic E-state index is 0.000273. The van der Waals surface area contributed by atoms with E-state index in [0.717, 1.165) is 49.8 Å². The predicted octanol–water partition coefficient (Wildman–Crippen LogP) is 6.90. The molecule has 5 atom stereocenters. The Labute approximate surface area is 345 Å². The Bertz CT molecular complexity index is 2070. The van der Waals surface area contributed by atoms with Gasteiger partial charge >= 0.3 is 18.2 Å². The van der Waals surface area contributed by atoms with Crippen LogP contribution in [0.3, 0.4) is 0 Å². The van der Waals surface area contributed by atoms with Gasteiger partial charge in [-0.15, -0.1) is 23.1 Å². The number of nitrogens with one attached hydrogen (secondary N) is 3. The second kappa shape index (κ2) is 17.9. The number of hydrogen-bond donors (Lipinski definition) is 4. The van der Waals surface area contributed by atoms with E-state index in [1.165, 1.54) is 28.0 Å². The Morgan fingerprint density at radius 2 is 1.83 bits per heavy atom. The van der Waals surface area contributed by atoms with Gasteiger partial charge in [0.2, 0.25) is 11.8 Å².